The minimum Gasteiger partial charge on any atom is -0.364 e. The van der Waals surface area contributed by atoms with Crippen LogP contribution in [-0.4, -0.2) is 32.6 Å². The van der Waals surface area contributed by atoms with E-state index < -0.39 is 0 Å². The van der Waals surface area contributed by atoms with E-state index in [0.717, 1.165) is 32.1 Å². The molecular weight excluding hydrogens is 467 g/mol. The van der Waals surface area contributed by atoms with Gasteiger partial charge in [-0.2, -0.15) is 0 Å². The average Bonchev–Trinajstić information content (AvgIpc) is 3.36. The molecule has 1 aliphatic rings. The number of nitrogens with zero attached hydrogens (tertiary/aromatic N) is 2. The fourth-order valence-corrected chi connectivity index (χ4v) is 3.83. The van der Waals surface area contributed by atoms with Crippen molar-refractivity contribution < 1.29 is 0 Å². The minimum atomic E-state index is 0. The minimum absolute atomic E-state index is 0. The van der Waals surface area contributed by atoms with Crippen LogP contribution in [0.4, 0.5) is 5.69 Å². The molecule has 0 radical (unpaired) electrons. The molecular formula is C21H29IN4S. The highest BCUT2D eigenvalue weighted by molar-refractivity contribution is 14.0. The van der Waals surface area contributed by atoms with E-state index in [-0.39, 0.29) is 29.4 Å². The van der Waals surface area contributed by atoms with E-state index in [9.17, 15) is 0 Å². The van der Waals surface area contributed by atoms with E-state index in [0.29, 0.717) is 0 Å². The van der Waals surface area contributed by atoms with Gasteiger partial charge in [0.1, 0.15) is 0 Å². The van der Waals surface area contributed by atoms with Gasteiger partial charge >= 0.3 is 0 Å². The number of guanidine groups is 1. The molecule has 146 valence electrons. The van der Waals surface area contributed by atoms with E-state index in [1.807, 2.05) is 7.05 Å². The lowest BCUT2D eigenvalue weighted by Crippen LogP contribution is -2.42. The van der Waals surface area contributed by atoms with E-state index in [1.165, 1.54) is 16.1 Å². The second kappa shape index (κ2) is 10.1. The number of anilines is 1. The molecule has 2 aromatic rings. The standard InChI is InChI=1S/C21H28N4S.HI/c1-21(2,19-7-6-14-26-19)16-24-20(22-3)23-15-17-8-10-18(11-9-17)25-12-4-5-13-25;/h4-11,14H,12-13,15-16H2,1-3H3,(H2,22,23,24);1H. The lowest BCUT2D eigenvalue weighted by Gasteiger charge is -2.25. The first-order chi connectivity index (χ1) is 12.6. The molecule has 2 heterocycles. The Labute approximate surface area is 183 Å². The van der Waals surface area contributed by atoms with Gasteiger partial charge in [0.05, 0.1) is 0 Å². The molecule has 6 heteroatoms. The SMILES string of the molecule is CN=C(NCc1ccc(N2CC=CC2)cc1)NCC(C)(C)c1cccs1.I. The van der Waals surface area contributed by atoms with E-state index in [4.69, 9.17) is 0 Å². The average molecular weight is 496 g/mol. The third-order valence-electron chi connectivity index (χ3n) is 4.69. The summed E-state index contributed by atoms with van der Waals surface area (Å²) in [5, 5.41) is 8.99. The summed E-state index contributed by atoms with van der Waals surface area (Å²) in [5.41, 5.74) is 2.61. The third kappa shape index (κ3) is 5.97. The maximum absolute atomic E-state index is 4.35. The summed E-state index contributed by atoms with van der Waals surface area (Å²) in [6, 6.07) is 13.1. The second-order valence-corrected chi connectivity index (χ2v) is 8.13. The van der Waals surface area contributed by atoms with Gasteiger partial charge in [0.15, 0.2) is 5.96 Å². The Morgan fingerprint density at radius 3 is 2.41 bits per heavy atom. The molecule has 0 aliphatic carbocycles. The van der Waals surface area contributed by atoms with Gasteiger partial charge in [-0.25, -0.2) is 0 Å². The van der Waals surface area contributed by atoms with Crippen molar-refractivity contribution >= 4 is 47.0 Å². The summed E-state index contributed by atoms with van der Waals surface area (Å²) < 4.78 is 0. The Morgan fingerprint density at radius 1 is 1.11 bits per heavy atom. The summed E-state index contributed by atoms with van der Waals surface area (Å²) in [4.78, 5) is 8.08. The van der Waals surface area contributed by atoms with Gasteiger partial charge in [0, 0.05) is 49.2 Å². The molecule has 4 nitrogen and oxygen atoms in total. The topological polar surface area (TPSA) is 39.7 Å². The van der Waals surface area contributed by atoms with Gasteiger partial charge in [0.2, 0.25) is 0 Å². The van der Waals surface area contributed by atoms with Crippen LogP contribution >= 0.6 is 35.3 Å². The van der Waals surface area contributed by atoms with Crippen LogP contribution in [0.15, 0.2) is 58.9 Å². The maximum atomic E-state index is 4.35. The second-order valence-electron chi connectivity index (χ2n) is 7.18. The molecule has 0 saturated heterocycles. The largest absolute Gasteiger partial charge is 0.364 e. The van der Waals surface area contributed by atoms with Crippen molar-refractivity contribution in [3.63, 3.8) is 0 Å². The number of nitrogens with one attached hydrogen (secondary N) is 2. The van der Waals surface area contributed by atoms with Crippen LogP contribution in [0, 0.1) is 0 Å². The lowest BCUT2D eigenvalue weighted by atomic mass is 9.91. The van der Waals surface area contributed by atoms with Crippen LogP contribution in [0.3, 0.4) is 0 Å². The number of rotatable bonds is 6. The monoisotopic (exact) mass is 496 g/mol. The van der Waals surface area contributed by atoms with Crippen LogP contribution < -0.4 is 15.5 Å². The van der Waals surface area contributed by atoms with Gasteiger partial charge < -0.3 is 15.5 Å². The summed E-state index contributed by atoms with van der Waals surface area (Å²) in [7, 11) is 1.82. The van der Waals surface area contributed by atoms with Gasteiger partial charge in [-0.05, 0) is 29.1 Å². The van der Waals surface area contributed by atoms with Gasteiger partial charge in [0.25, 0.3) is 0 Å². The fraction of sp³-hybridized carbons (Fsp3) is 0.381. The van der Waals surface area contributed by atoms with E-state index in [1.54, 1.807) is 11.3 Å². The van der Waals surface area contributed by atoms with Crippen LogP contribution in [0.5, 0.6) is 0 Å². The molecule has 0 amide bonds. The molecule has 2 N–H and O–H groups in total. The van der Waals surface area contributed by atoms with Crippen LogP contribution in [0.1, 0.15) is 24.3 Å². The highest BCUT2D eigenvalue weighted by Gasteiger charge is 2.21. The third-order valence-corrected chi connectivity index (χ3v) is 5.93. The normalized spacial score (nSPS) is 14.2. The predicted octanol–water partition coefficient (Wildman–Crippen LogP) is 4.39. The molecule has 0 bridgehead atoms. The Morgan fingerprint density at radius 2 is 1.81 bits per heavy atom. The summed E-state index contributed by atoms with van der Waals surface area (Å²) in [6.07, 6.45) is 4.42. The number of thiophene rings is 1. The number of halogens is 1. The molecule has 0 unspecified atom stereocenters. The highest BCUT2D eigenvalue weighted by Crippen LogP contribution is 2.26. The van der Waals surface area contributed by atoms with Crippen LogP contribution in [0.25, 0.3) is 0 Å². The summed E-state index contributed by atoms with van der Waals surface area (Å²) >= 11 is 1.80. The van der Waals surface area contributed by atoms with E-state index in [2.05, 4.69) is 88.3 Å². The van der Waals surface area contributed by atoms with Crippen molar-refractivity contribution in [3.8, 4) is 0 Å². The van der Waals surface area contributed by atoms with Crippen molar-refractivity contribution in [2.45, 2.75) is 25.8 Å². The fourth-order valence-electron chi connectivity index (χ4n) is 2.98. The molecule has 0 atom stereocenters. The zero-order valence-corrected chi connectivity index (χ0v) is 19.4. The van der Waals surface area contributed by atoms with Crippen LogP contribution in [-0.2, 0) is 12.0 Å². The Balaban J connectivity index is 0.00000261. The zero-order valence-electron chi connectivity index (χ0n) is 16.2. The molecule has 1 aliphatic heterocycles. The number of benzene rings is 1. The molecule has 1 aromatic heterocycles. The molecule has 0 spiro atoms. The first-order valence-electron chi connectivity index (χ1n) is 9.06. The van der Waals surface area contributed by atoms with Crippen molar-refractivity contribution in [3.05, 3.63) is 64.4 Å². The Bertz CT molecular complexity index is 743. The lowest BCUT2D eigenvalue weighted by molar-refractivity contribution is 0.518. The Hall–Kier alpha value is -1.54. The van der Waals surface area contributed by atoms with Crippen molar-refractivity contribution in [1.82, 2.24) is 10.6 Å². The van der Waals surface area contributed by atoms with Gasteiger partial charge in [-0.3, -0.25) is 4.99 Å². The number of aliphatic imine (C=N–C) groups is 1. The van der Waals surface area contributed by atoms with Gasteiger partial charge in [-0.15, -0.1) is 35.3 Å². The number of hydrogen-bond acceptors (Lipinski definition) is 3. The summed E-state index contributed by atoms with van der Waals surface area (Å²) in [6.45, 7) is 8.13. The molecule has 0 saturated carbocycles. The van der Waals surface area contributed by atoms with Crippen molar-refractivity contribution in [1.29, 1.82) is 0 Å². The molecule has 1 aromatic carbocycles. The van der Waals surface area contributed by atoms with Crippen molar-refractivity contribution in [2.75, 3.05) is 31.6 Å². The number of hydrogen-bond donors (Lipinski definition) is 2. The highest BCUT2D eigenvalue weighted by atomic mass is 127. The quantitative estimate of drug-likeness (QED) is 0.270. The smallest absolute Gasteiger partial charge is 0.191 e. The molecule has 27 heavy (non-hydrogen) atoms. The van der Waals surface area contributed by atoms with E-state index >= 15 is 0 Å². The van der Waals surface area contributed by atoms with Gasteiger partial charge in [-0.1, -0.05) is 44.2 Å². The maximum Gasteiger partial charge on any atom is 0.191 e. The summed E-state index contributed by atoms with van der Waals surface area (Å²) in [5.74, 6) is 0.836. The first-order valence-corrected chi connectivity index (χ1v) is 9.94. The zero-order chi connectivity index (χ0) is 18.4. The Kier molecular flexibility index (Phi) is 8.16. The predicted molar refractivity (Wildman–Crippen MR) is 129 cm³/mol. The molecule has 3 rings (SSSR count). The van der Waals surface area contributed by atoms with Crippen LogP contribution in [0.2, 0.25) is 0 Å². The van der Waals surface area contributed by atoms with Crippen molar-refractivity contribution in [2.24, 2.45) is 4.99 Å². The molecule has 0 fully saturated rings. The first kappa shape index (κ1) is 21.8.